The molecule has 6 heteroatoms. The van der Waals surface area contributed by atoms with Gasteiger partial charge in [0.05, 0.1) is 0 Å². The summed E-state index contributed by atoms with van der Waals surface area (Å²) in [5, 5.41) is 6.54. The predicted octanol–water partition coefficient (Wildman–Crippen LogP) is 1.33. The molecule has 0 aromatic rings. The molecule has 0 bridgehead atoms. The average molecular weight is 338 g/mol. The van der Waals surface area contributed by atoms with Gasteiger partial charge in [-0.05, 0) is 12.8 Å². The molecule has 2 N–H and O–H groups in total. The second-order valence-corrected chi connectivity index (χ2v) is 6.21. The SMILES string of the molecule is C=CCN(CC=C)C(CNC(=NCC(=O)N(C)C)NCC)C(C)C. The minimum absolute atomic E-state index is 0.0208. The van der Waals surface area contributed by atoms with E-state index in [9.17, 15) is 4.79 Å². The van der Waals surface area contributed by atoms with Gasteiger partial charge in [-0.3, -0.25) is 9.69 Å². The van der Waals surface area contributed by atoms with Crippen LogP contribution in [0.1, 0.15) is 20.8 Å². The number of guanidine groups is 1. The van der Waals surface area contributed by atoms with Gasteiger partial charge in [0.1, 0.15) is 6.54 Å². The third kappa shape index (κ3) is 8.72. The highest BCUT2D eigenvalue weighted by molar-refractivity contribution is 5.84. The quantitative estimate of drug-likeness (QED) is 0.339. The largest absolute Gasteiger partial charge is 0.357 e. The first kappa shape index (κ1) is 22.2. The van der Waals surface area contributed by atoms with E-state index in [0.29, 0.717) is 17.9 Å². The molecule has 0 aliphatic rings. The zero-order chi connectivity index (χ0) is 18.5. The third-order valence-corrected chi connectivity index (χ3v) is 3.66. The summed E-state index contributed by atoms with van der Waals surface area (Å²) in [6, 6.07) is 0.314. The van der Waals surface area contributed by atoms with Crippen molar-refractivity contribution in [2.24, 2.45) is 10.9 Å². The first-order valence-corrected chi connectivity index (χ1v) is 8.55. The van der Waals surface area contributed by atoms with Crippen LogP contribution >= 0.6 is 0 Å². The molecule has 0 aliphatic carbocycles. The van der Waals surface area contributed by atoms with Crippen LogP contribution in [0.2, 0.25) is 0 Å². The molecule has 0 saturated carbocycles. The van der Waals surface area contributed by atoms with Crippen molar-refractivity contribution < 1.29 is 4.79 Å². The molecule has 0 aromatic heterocycles. The number of nitrogens with one attached hydrogen (secondary N) is 2. The number of hydrogen-bond acceptors (Lipinski definition) is 3. The predicted molar refractivity (Wildman–Crippen MR) is 103 cm³/mol. The highest BCUT2D eigenvalue weighted by Crippen LogP contribution is 2.10. The Morgan fingerprint density at radius 1 is 1.17 bits per heavy atom. The number of carbonyl (C=O) groups excluding carboxylic acids is 1. The zero-order valence-corrected chi connectivity index (χ0v) is 16.0. The summed E-state index contributed by atoms with van der Waals surface area (Å²) < 4.78 is 0. The van der Waals surface area contributed by atoms with Gasteiger partial charge in [-0.15, -0.1) is 13.2 Å². The van der Waals surface area contributed by atoms with Crippen LogP contribution in [-0.4, -0.2) is 74.5 Å². The Bertz CT molecular complexity index is 408. The van der Waals surface area contributed by atoms with Gasteiger partial charge in [-0.2, -0.15) is 0 Å². The van der Waals surface area contributed by atoms with E-state index in [1.54, 1.807) is 19.0 Å². The van der Waals surface area contributed by atoms with Gasteiger partial charge in [0, 0.05) is 46.3 Å². The van der Waals surface area contributed by atoms with E-state index in [4.69, 9.17) is 0 Å². The Labute approximate surface area is 147 Å². The maximum Gasteiger partial charge on any atom is 0.243 e. The smallest absolute Gasteiger partial charge is 0.243 e. The van der Waals surface area contributed by atoms with E-state index in [1.165, 1.54) is 0 Å². The summed E-state index contributed by atoms with van der Waals surface area (Å²) in [4.78, 5) is 19.9. The maximum atomic E-state index is 11.7. The molecule has 1 unspecified atom stereocenters. The van der Waals surface area contributed by atoms with E-state index >= 15 is 0 Å². The summed E-state index contributed by atoms with van der Waals surface area (Å²) in [6.45, 7) is 17.3. The fraction of sp³-hybridized carbons (Fsp3) is 0.667. The highest BCUT2D eigenvalue weighted by Gasteiger charge is 2.20. The molecule has 0 heterocycles. The van der Waals surface area contributed by atoms with Crippen LogP contribution in [0.5, 0.6) is 0 Å². The summed E-state index contributed by atoms with van der Waals surface area (Å²) in [5.74, 6) is 1.10. The number of hydrogen-bond donors (Lipinski definition) is 2. The van der Waals surface area contributed by atoms with E-state index in [0.717, 1.165) is 26.2 Å². The van der Waals surface area contributed by atoms with Gasteiger partial charge in [0.25, 0.3) is 0 Å². The zero-order valence-electron chi connectivity index (χ0n) is 16.0. The van der Waals surface area contributed by atoms with Gasteiger partial charge < -0.3 is 15.5 Å². The lowest BCUT2D eigenvalue weighted by Crippen LogP contribution is -2.49. The number of rotatable bonds is 11. The van der Waals surface area contributed by atoms with E-state index in [-0.39, 0.29) is 12.5 Å². The average Bonchev–Trinajstić information content (AvgIpc) is 2.52. The standard InChI is InChI=1S/C18H35N5O/c1-8-11-23(12-9-2)16(15(4)5)13-20-18(19-10-3)21-14-17(24)22(6)7/h8-9,15-16H,1-2,10-14H2,3-7H3,(H2,19,20,21). The Morgan fingerprint density at radius 2 is 1.75 bits per heavy atom. The fourth-order valence-electron chi connectivity index (χ4n) is 2.29. The molecule has 0 saturated heterocycles. The lowest BCUT2D eigenvalue weighted by Gasteiger charge is -2.33. The molecule has 0 fully saturated rings. The number of nitrogens with zero attached hydrogens (tertiary/aromatic N) is 3. The summed E-state index contributed by atoms with van der Waals surface area (Å²) in [7, 11) is 3.46. The van der Waals surface area contributed by atoms with Crippen LogP contribution in [0.25, 0.3) is 0 Å². The van der Waals surface area contributed by atoms with Crippen molar-refractivity contribution in [3.63, 3.8) is 0 Å². The van der Waals surface area contributed by atoms with Crippen molar-refractivity contribution in [1.29, 1.82) is 0 Å². The molecular formula is C18H35N5O. The molecule has 1 amide bonds. The summed E-state index contributed by atoms with van der Waals surface area (Å²) in [5.41, 5.74) is 0. The first-order valence-electron chi connectivity index (χ1n) is 8.55. The lowest BCUT2D eigenvalue weighted by molar-refractivity contribution is -0.127. The molecule has 0 radical (unpaired) electrons. The molecule has 138 valence electrons. The van der Waals surface area contributed by atoms with Gasteiger partial charge in [0.2, 0.25) is 5.91 Å². The van der Waals surface area contributed by atoms with Crippen molar-refractivity contribution in [2.75, 3.05) is 46.8 Å². The van der Waals surface area contributed by atoms with E-state index in [1.807, 2.05) is 19.1 Å². The normalized spacial score (nSPS) is 12.9. The van der Waals surface area contributed by atoms with Crippen LogP contribution < -0.4 is 10.6 Å². The van der Waals surface area contributed by atoms with E-state index in [2.05, 4.69) is 47.5 Å². The van der Waals surface area contributed by atoms with Crippen molar-refractivity contribution >= 4 is 11.9 Å². The molecule has 6 nitrogen and oxygen atoms in total. The Morgan fingerprint density at radius 3 is 2.17 bits per heavy atom. The van der Waals surface area contributed by atoms with Crippen LogP contribution in [0.15, 0.2) is 30.3 Å². The second-order valence-electron chi connectivity index (χ2n) is 6.21. The van der Waals surface area contributed by atoms with Gasteiger partial charge in [-0.1, -0.05) is 26.0 Å². The second kappa shape index (κ2) is 12.6. The molecular weight excluding hydrogens is 302 g/mol. The van der Waals surface area contributed by atoms with Crippen molar-refractivity contribution in [2.45, 2.75) is 26.8 Å². The molecule has 0 rings (SSSR count). The topological polar surface area (TPSA) is 60.0 Å². The number of likely N-dealkylation sites (N-methyl/N-ethyl adjacent to an activating group) is 1. The van der Waals surface area contributed by atoms with Crippen LogP contribution in [0, 0.1) is 5.92 Å². The van der Waals surface area contributed by atoms with Gasteiger partial charge in [0.15, 0.2) is 5.96 Å². The molecule has 24 heavy (non-hydrogen) atoms. The minimum atomic E-state index is -0.0208. The molecule has 1 atom stereocenters. The lowest BCUT2D eigenvalue weighted by atomic mass is 10.0. The van der Waals surface area contributed by atoms with Crippen LogP contribution in [-0.2, 0) is 4.79 Å². The molecule has 0 aromatic carbocycles. The number of carbonyl (C=O) groups is 1. The van der Waals surface area contributed by atoms with Crippen LogP contribution in [0.4, 0.5) is 0 Å². The van der Waals surface area contributed by atoms with Crippen molar-refractivity contribution in [3.8, 4) is 0 Å². The van der Waals surface area contributed by atoms with Gasteiger partial charge in [-0.25, -0.2) is 4.99 Å². The summed E-state index contributed by atoms with van der Waals surface area (Å²) in [6.07, 6.45) is 3.82. The van der Waals surface area contributed by atoms with Crippen molar-refractivity contribution in [1.82, 2.24) is 20.4 Å². The maximum absolute atomic E-state index is 11.7. The Kier molecular flexibility index (Phi) is 11.6. The first-order chi connectivity index (χ1) is 11.4. The fourth-order valence-corrected chi connectivity index (χ4v) is 2.29. The van der Waals surface area contributed by atoms with Crippen LogP contribution in [0.3, 0.4) is 0 Å². The minimum Gasteiger partial charge on any atom is -0.357 e. The van der Waals surface area contributed by atoms with E-state index < -0.39 is 0 Å². The highest BCUT2D eigenvalue weighted by atomic mass is 16.2. The Hall–Kier alpha value is -1.82. The number of amides is 1. The monoisotopic (exact) mass is 337 g/mol. The molecule has 0 spiro atoms. The third-order valence-electron chi connectivity index (χ3n) is 3.66. The summed E-state index contributed by atoms with van der Waals surface area (Å²) >= 11 is 0. The Balaban J connectivity index is 4.91. The van der Waals surface area contributed by atoms with Crippen molar-refractivity contribution in [3.05, 3.63) is 25.3 Å². The van der Waals surface area contributed by atoms with Gasteiger partial charge >= 0.3 is 0 Å². The number of aliphatic imine (C=N–C) groups is 1. The molecule has 0 aliphatic heterocycles.